The molecule has 16 heavy (non-hydrogen) atoms. The molecule has 0 spiro atoms. The van der Waals surface area contributed by atoms with Crippen molar-refractivity contribution in [3.8, 4) is 0 Å². The predicted octanol–water partition coefficient (Wildman–Crippen LogP) is 0.977. The molecule has 0 bridgehead atoms. The quantitative estimate of drug-likeness (QED) is 0.563. The Hall–Kier alpha value is -2.12. The number of nitro benzene ring substituents is 1. The fourth-order valence-electron chi connectivity index (χ4n) is 0.998. The molecule has 5 nitrogen and oxygen atoms in total. The Morgan fingerprint density at radius 2 is 1.81 bits per heavy atom. The van der Waals surface area contributed by atoms with Crippen LogP contribution in [0.3, 0.4) is 0 Å². The molecule has 1 rings (SSSR count). The molecule has 1 aromatic rings. The summed E-state index contributed by atoms with van der Waals surface area (Å²) in [6, 6.07) is 1.04. The van der Waals surface area contributed by atoms with E-state index in [1.807, 2.05) is 0 Å². The van der Waals surface area contributed by atoms with E-state index in [0.29, 0.717) is 6.07 Å². The molecule has 0 radical (unpaired) electrons. The molecule has 1 aromatic carbocycles. The Morgan fingerprint density at radius 3 is 2.19 bits per heavy atom. The second-order valence-corrected chi connectivity index (χ2v) is 2.81. The van der Waals surface area contributed by atoms with Crippen LogP contribution in [0.5, 0.6) is 0 Å². The lowest BCUT2D eigenvalue weighted by molar-refractivity contribution is -0.385. The molecule has 0 aliphatic heterocycles. The van der Waals surface area contributed by atoms with E-state index in [1.54, 1.807) is 0 Å². The number of hydrogen-bond donors (Lipinski definition) is 0. The monoisotopic (exact) mass is 234 g/mol. The van der Waals surface area contributed by atoms with Crippen molar-refractivity contribution < 1.29 is 28.0 Å². The minimum absolute atomic E-state index is 0.256. The van der Waals surface area contributed by atoms with Gasteiger partial charge < -0.3 is 9.90 Å². The van der Waals surface area contributed by atoms with Gasteiger partial charge in [0, 0.05) is 17.7 Å². The van der Waals surface area contributed by atoms with Crippen LogP contribution in [0.25, 0.3) is 0 Å². The zero-order chi connectivity index (χ0) is 12.5. The maximum absolute atomic E-state index is 12.2. The molecule has 0 fully saturated rings. The number of benzene rings is 1. The first-order chi connectivity index (χ1) is 7.21. The van der Waals surface area contributed by atoms with E-state index in [2.05, 4.69) is 0 Å². The maximum Gasteiger partial charge on any atom is 0.416 e. The van der Waals surface area contributed by atoms with Crippen LogP contribution in [-0.2, 0) is 6.18 Å². The molecule has 0 N–H and O–H groups in total. The van der Waals surface area contributed by atoms with E-state index in [-0.39, 0.29) is 12.1 Å². The fraction of sp³-hybridized carbons (Fsp3) is 0.125. The Balaban J connectivity index is 3.42. The zero-order valence-corrected chi connectivity index (χ0v) is 7.45. The molecule has 0 amide bonds. The maximum atomic E-state index is 12.2. The highest BCUT2D eigenvalue weighted by Gasteiger charge is 2.32. The predicted molar refractivity (Wildman–Crippen MR) is 42.4 cm³/mol. The van der Waals surface area contributed by atoms with Crippen LogP contribution in [0.4, 0.5) is 18.9 Å². The number of hydrogen-bond acceptors (Lipinski definition) is 4. The van der Waals surface area contributed by atoms with Gasteiger partial charge in [0.2, 0.25) is 0 Å². The minimum atomic E-state index is -4.85. The van der Waals surface area contributed by atoms with Gasteiger partial charge in [0.15, 0.2) is 0 Å². The molecular formula is C8H3F3NO4-. The van der Waals surface area contributed by atoms with Gasteiger partial charge in [-0.1, -0.05) is 0 Å². The summed E-state index contributed by atoms with van der Waals surface area (Å²) >= 11 is 0. The van der Waals surface area contributed by atoms with E-state index in [4.69, 9.17) is 0 Å². The van der Waals surface area contributed by atoms with E-state index < -0.39 is 33.9 Å². The van der Waals surface area contributed by atoms with Gasteiger partial charge in [0.25, 0.3) is 5.69 Å². The van der Waals surface area contributed by atoms with Gasteiger partial charge in [0.1, 0.15) is 0 Å². The summed E-state index contributed by atoms with van der Waals surface area (Å²) in [6.07, 6.45) is -4.85. The van der Waals surface area contributed by atoms with Crippen molar-refractivity contribution in [2.24, 2.45) is 0 Å². The minimum Gasteiger partial charge on any atom is -0.545 e. The number of halogens is 3. The molecule has 0 aliphatic rings. The largest absolute Gasteiger partial charge is 0.545 e. The first-order valence-electron chi connectivity index (χ1n) is 3.80. The number of carbonyl (C=O) groups is 1. The number of non-ortho nitro benzene ring substituents is 1. The van der Waals surface area contributed by atoms with Gasteiger partial charge in [-0.3, -0.25) is 10.1 Å². The van der Waals surface area contributed by atoms with Gasteiger partial charge >= 0.3 is 6.18 Å². The Kier molecular flexibility index (Phi) is 2.84. The highest BCUT2D eigenvalue weighted by molar-refractivity contribution is 5.87. The number of nitrogens with zero attached hydrogens (tertiary/aromatic N) is 1. The zero-order valence-electron chi connectivity index (χ0n) is 7.45. The standard InChI is InChI=1S/C8H4F3NO4/c9-8(10,11)5-1-4(7(13)14)2-6(3-5)12(15)16/h1-3H,(H,13,14)/p-1. The molecule has 0 aliphatic carbocycles. The summed E-state index contributed by atoms with van der Waals surface area (Å²) in [6.45, 7) is 0. The summed E-state index contributed by atoms with van der Waals surface area (Å²) < 4.78 is 36.7. The normalized spacial score (nSPS) is 11.2. The first kappa shape index (κ1) is 12.0. The van der Waals surface area contributed by atoms with Crippen molar-refractivity contribution in [2.45, 2.75) is 6.18 Å². The molecule has 8 heteroatoms. The summed E-state index contributed by atoms with van der Waals surface area (Å²) in [5.74, 6) is -1.91. The van der Waals surface area contributed by atoms with Crippen molar-refractivity contribution >= 4 is 11.7 Å². The summed E-state index contributed by atoms with van der Waals surface area (Å²) in [5.41, 5.74) is -3.24. The van der Waals surface area contributed by atoms with Gasteiger partial charge in [-0.2, -0.15) is 13.2 Å². The molecule has 0 aromatic heterocycles. The molecule has 0 heterocycles. The van der Waals surface area contributed by atoms with E-state index in [0.717, 1.165) is 0 Å². The second-order valence-electron chi connectivity index (χ2n) is 2.81. The molecular weight excluding hydrogens is 231 g/mol. The number of rotatable bonds is 2. The van der Waals surface area contributed by atoms with Gasteiger partial charge in [-0.15, -0.1) is 0 Å². The van der Waals surface area contributed by atoms with Gasteiger partial charge in [-0.05, 0) is 6.07 Å². The molecule has 86 valence electrons. The Labute approximate surface area is 86.3 Å². The summed E-state index contributed by atoms with van der Waals surface area (Å²) in [4.78, 5) is 19.5. The Bertz CT molecular complexity index is 423. The highest BCUT2D eigenvalue weighted by atomic mass is 19.4. The number of aromatic carboxylic acids is 1. The smallest absolute Gasteiger partial charge is 0.416 e. The van der Waals surface area contributed by atoms with Crippen LogP contribution >= 0.6 is 0 Å². The van der Waals surface area contributed by atoms with Crippen LogP contribution < -0.4 is 5.11 Å². The third-order valence-electron chi connectivity index (χ3n) is 1.69. The SMILES string of the molecule is O=C([O-])c1cc([N+](=O)[O-])cc(C(F)(F)F)c1. The van der Waals surface area contributed by atoms with Crippen LogP contribution in [0.1, 0.15) is 15.9 Å². The molecule has 0 unspecified atom stereocenters. The van der Waals surface area contributed by atoms with E-state index in [9.17, 15) is 33.2 Å². The number of alkyl halides is 3. The first-order valence-corrected chi connectivity index (χ1v) is 3.80. The van der Waals surface area contributed by atoms with Crippen molar-refractivity contribution in [3.05, 3.63) is 39.4 Å². The third-order valence-corrected chi connectivity index (χ3v) is 1.69. The van der Waals surface area contributed by atoms with Crippen molar-refractivity contribution in [1.29, 1.82) is 0 Å². The highest BCUT2D eigenvalue weighted by Crippen LogP contribution is 2.32. The van der Waals surface area contributed by atoms with Gasteiger partial charge in [-0.25, -0.2) is 0 Å². The van der Waals surface area contributed by atoms with Crippen LogP contribution in [0.15, 0.2) is 18.2 Å². The number of carboxylic acid groups (broad SMARTS) is 1. The van der Waals surface area contributed by atoms with E-state index in [1.165, 1.54) is 0 Å². The average Bonchev–Trinajstić information content (AvgIpc) is 2.15. The van der Waals surface area contributed by atoms with Crippen LogP contribution in [-0.4, -0.2) is 10.9 Å². The molecule has 0 saturated heterocycles. The average molecular weight is 234 g/mol. The lowest BCUT2D eigenvalue weighted by atomic mass is 10.1. The van der Waals surface area contributed by atoms with Crippen molar-refractivity contribution in [1.82, 2.24) is 0 Å². The fourth-order valence-corrected chi connectivity index (χ4v) is 0.998. The number of carboxylic acids is 1. The molecule has 0 atom stereocenters. The van der Waals surface area contributed by atoms with Crippen LogP contribution in [0, 0.1) is 10.1 Å². The van der Waals surface area contributed by atoms with Crippen LogP contribution in [0.2, 0.25) is 0 Å². The third kappa shape index (κ3) is 2.47. The Morgan fingerprint density at radius 1 is 1.25 bits per heavy atom. The number of nitro groups is 1. The van der Waals surface area contributed by atoms with E-state index >= 15 is 0 Å². The van der Waals surface area contributed by atoms with Crippen molar-refractivity contribution in [3.63, 3.8) is 0 Å². The number of carbonyl (C=O) groups excluding carboxylic acids is 1. The summed E-state index contributed by atoms with van der Waals surface area (Å²) in [5, 5.41) is 20.6. The lowest BCUT2D eigenvalue weighted by Crippen LogP contribution is -2.23. The van der Waals surface area contributed by atoms with Gasteiger partial charge in [0.05, 0.1) is 16.5 Å². The summed E-state index contributed by atoms with van der Waals surface area (Å²) in [7, 11) is 0. The molecule has 0 saturated carbocycles. The second kappa shape index (κ2) is 3.80. The van der Waals surface area contributed by atoms with Crippen molar-refractivity contribution in [2.75, 3.05) is 0 Å². The lowest BCUT2D eigenvalue weighted by Gasteiger charge is -2.09. The topological polar surface area (TPSA) is 83.3 Å².